The normalized spacial score (nSPS) is 31.7. The maximum atomic E-state index is 14.3. The first kappa shape index (κ1) is 25.7. The first-order valence-corrected chi connectivity index (χ1v) is 12.6. The van der Waals surface area contributed by atoms with Crippen LogP contribution in [0.4, 0.5) is 5.69 Å². The van der Waals surface area contributed by atoms with Crippen molar-refractivity contribution in [3.8, 4) is 5.75 Å². The highest BCUT2D eigenvalue weighted by atomic mass is 79.9. The zero-order valence-electron chi connectivity index (χ0n) is 20.1. The monoisotopic (exact) mass is 550 g/mol. The smallest absolute Gasteiger partial charge is 0.312 e. The van der Waals surface area contributed by atoms with E-state index in [1.807, 2.05) is 0 Å². The number of ether oxygens (including phenoxy) is 3. The predicted octanol–water partition coefficient (Wildman–Crippen LogP) is 1.91. The summed E-state index contributed by atoms with van der Waals surface area (Å²) in [6, 6.07) is 5.32. The fourth-order valence-corrected chi connectivity index (χ4v) is 6.72. The van der Waals surface area contributed by atoms with E-state index in [4.69, 9.17) is 14.2 Å². The number of nitrogens with zero attached hydrogens (tertiary/aromatic N) is 2. The third kappa shape index (κ3) is 3.95. The van der Waals surface area contributed by atoms with Crippen molar-refractivity contribution in [2.45, 2.75) is 48.9 Å². The molecule has 0 aliphatic carbocycles. The van der Waals surface area contributed by atoms with Gasteiger partial charge in [-0.05, 0) is 44.5 Å². The molecule has 4 rings (SSSR count). The van der Waals surface area contributed by atoms with Crippen molar-refractivity contribution in [2.75, 3.05) is 31.8 Å². The average molecular weight is 551 g/mol. The Morgan fingerprint density at radius 1 is 1.40 bits per heavy atom. The Labute approximate surface area is 213 Å². The molecule has 3 aliphatic rings. The van der Waals surface area contributed by atoms with Crippen LogP contribution in [0.15, 0.2) is 36.9 Å². The van der Waals surface area contributed by atoms with Crippen LogP contribution < -0.4 is 9.64 Å². The van der Waals surface area contributed by atoms with Crippen LogP contribution in [0.2, 0.25) is 0 Å². The number of carbonyl (C=O) groups is 3. The number of aliphatic hydroxyl groups is 1. The minimum Gasteiger partial charge on any atom is -0.497 e. The summed E-state index contributed by atoms with van der Waals surface area (Å²) >= 11 is 3.62. The zero-order chi connectivity index (χ0) is 25.5. The second-order valence-electron chi connectivity index (χ2n) is 9.13. The maximum absolute atomic E-state index is 14.3. The molecule has 1 spiro atoms. The molecule has 190 valence electrons. The lowest BCUT2D eigenvalue weighted by molar-refractivity contribution is -0.155. The van der Waals surface area contributed by atoms with E-state index >= 15 is 0 Å². The number of halogens is 1. The molecule has 0 radical (unpaired) electrons. The topological polar surface area (TPSA) is 106 Å². The van der Waals surface area contributed by atoms with Crippen LogP contribution in [0.25, 0.3) is 0 Å². The van der Waals surface area contributed by atoms with Gasteiger partial charge in [-0.15, -0.1) is 6.58 Å². The van der Waals surface area contributed by atoms with Crippen LogP contribution in [0.3, 0.4) is 0 Å². The summed E-state index contributed by atoms with van der Waals surface area (Å²) in [5.41, 5.74) is -0.621. The highest BCUT2D eigenvalue weighted by molar-refractivity contribution is 9.09. The molecule has 0 aromatic heterocycles. The number of alkyl halides is 1. The minimum atomic E-state index is -1.22. The number of esters is 1. The van der Waals surface area contributed by atoms with Crippen molar-refractivity contribution in [3.05, 3.63) is 36.9 Å². The molecular formula is C25H31BrN2O7. The van der Waals surface area contributed by atoms with Crippen molar-refractivity contribution >= 4 is 39.4 Å². The van der Waals surface area contributed by atoms with Gasteiger partial charge in [0.2, 0.25) is 5.91 Å². The van der Waals surface area contributed by atoms with Gasteiger partial charge in [0.1, 0.15) is 17.4 Å². The summed E-state index contributed by atoms with van der Waals surface area (Å²) in [7, 11) is 1.56. The highest BCUT2D eigenvalue weighted by Gasteiger charge is 2.77. The molecule has 3 saturated heterocycles. The fourth-order valence-electron chi connectivity index (χ4n) is 5.78. The Bertz CT molecular complexity index is 1000. The fraction of sp³-hybridized carbons (Fsp3) is 0.560. The van der Waals surface area contributed by atoms with Crippen LogP contribution in [0.5, 0.6) is 5.75 Å². The van der Waals surface area contributed by atoms with Gasteiger partial charge in [-0.1, -0.05) is 22.0 Å². The van der Waals surface area contributed by atoms with Crippen molar-refractivity contribution in [1.82, 2.24) is 4.90 Å². The molecule has 0 saturated carbocycles. The van der Waals surface area contributed by atoms with Crippen molar-refractivity contribution in [3.63, 3.8) is 0 Å². The molecule has 9 nitrogen and oxygen atoms in total. The SMILES string of the molecule is C=CCN(C(=O)[C@H]1N([C@H](C)CO)C(=O)[C@@H]2[C@@H](C(=O)OCC)[C@@H]3O[C@@]21CC3Br)c1ccc(OC)cc1. The van der Waals surface area contributed by atoms with Gasteiger partial charge in [0, 0.05) is 17.1 Å². The molecule has 35 heavy (non-hydrogen) atoms. The van der Waals surface area contributed by atoms with E-state index in [0.29, 0.717) is 17.9 Å². The number of hydrogen-bond acceptors (Lipinski definition) is 7. The summed E-state index contributed by atoms with van der Waals surface area (Å²) in [4.78, 5) is 43.7. The number of carbonyl (C=O) groups excluding carboxylic acids is 3. The molecule has 2 amide bonds. The van der Waals surface area contributed by atoms with E-state index in [2.05, 4.69) is 22.5 Å². The van der Waals surface area contributed by atoms with E-state index in [1.165, 1.54) is 9.80 Å². The second kappa shape index (κ2) is 9.91. The van der Waals surface area contributed by atoms with Crippen molar-refractivity contribution in [1.29, 1.82) is 0 Å². The van der Waals surface area contributed by atoms with Gasteiger partial charge >= 0.3 is 5.97 Å². The quantitative estimate of drug-likeness (QED) is 0.284. The van der Waals surface area contributed by atoms with Crippen molar-refractivity contribution < 1.29 is 33.7 Å². The van der Waals surface area contributed by atoms with E-state index < -0.39 is 41.6 Å². The van der Waals surface area contributed by atoms with Gasteiger partial charge in [-0.25, -0.2) is 0 Å². The third-order valence-corrected chi connectivity index (χ3v) is 8.07. The van der Waals surface area contributed by atoms with Gasteiger partial charge in [0.25, 0.3) is 5.91 Å². The molecule has 10 heteroatoms. The van der Waals surface area contributed by atoms with Gasteiger partial charge in [0.05, 0.1) is 44.3 Å². The highest BCUT2D eigenvalue weighted by Crippen LogP contribution is 2.60. The Morgan fingerprint density at radius 3 is 2.66 bits per heavy atom. The first-order chi connectivity index (χ1) is 16.7. The third-order valence-electron chi connectivity index (χ3n) is 7.22. The summed E-state index contributed by atoms with van der Waals surface area (Å²) in [5, 5.41) is 9.98. The molecule has 1 aromatic rings. The Balaban J connectivity index is 1.80. The summed E-state index contributed by atoms with van der Waals surface area (Å²) in [5.74, 6) is -2.31. The first-order valence-electron chi connectivity index (χ1n) is 11.7. The molecule has 3 aliphatic heterocycles. The van der Waals surface area contributed by atoms with Crippen molar-refractivity contribution in [2.24, 2.45) is 11.8 Å². The molecule has 1 unspecified atom stereocenters. The number of anilines is 1. The molecule has 1 N–H and O–H groups in total. The number of benzene rings is 1. The number of aliphatic hydroxyl groups excluding tert-OH is 1. The van der Waals surface area contributed by atoms with Gasteiger partial charge in [-0.2, -0.15) is 0 Å². The Morgan fingerprint density at radius 2 is 2.09 bits per heavy atom. The standard InChI is InChI=1S/C25H31BrN2O7/c1-5-11-27(15-7-9-16(33-4)10-8-15)23(31)21-25-12-17(26)20(35-25)18(24(32)34-6-2)19(25)22(30)28(21)14(3)13-29/h5,7-10,14,17-21,29H,1,6,11-13H2,2-4H3/t14-,17?,18-,19+,20-,21-,25+/m1/s1. The lowest BCUT2D eigenvalue weighted by Gasteiger charge is -2.38. The summed E-state index contributed by atoms with van der Waals surface area (Å²) in [6.45, 7) is 7.21. The van der Waals surface area contributed by atoms with Crippen LogP contribution in [-0.2, 0) is 23.9 Å². The Kier molecular flexibility index (Phi) is 7.26. The number of rotatable bonds is 9. The van der Waals surface area contributed by atoms with Gasteiger partial charge < -0.3 is 29.1 Å². The van der Waals surface area contributed by atoms with Gasteiger partial charge in [-0.3, -0.25) is 14.4 Å². The van der Waals surface area contributed by atoms with E-state index in [0.717, 1.165) is 0 Å². The predicted molar refractivity (Wildman–Crippen MR) is 131 cm³/mol. The molecule has 1 aromatic carbocycles. The summed E-state index contributed by atoms with van der Waals surface area (Å²) in [6.07, 6.45) is 1.40. The average Bonchev–Trinajstić information content (AvgIpc) is 3.45. The molecule has 3 heterocycles. The minimum absolute atomic E-state index is 0.173. The number of methoxy groups -OCH3 is 1. The molecule has 3 fully saturated rings. The number of hydrogen-bond donors (Lipinski definition) is 1. The molecular weight excluding hydrogens is 520 g/mol. The van der Waals surface area contributed by atoms with E-state index in [-0.39, 0.29) is 36.4 Å². The van der Waals surface area contributed by atoms with Gasteiger partial charge in [0.15, 0.2) is 0 Å². The second-order valence-corrected chi connectivity index (χ2v) is 10.3. The largest absolute Gasteiger partial charge is 0.497 e. The number of likely N-dealkylation sites (tertiary alicyclic amines) is 1. The van der Waals surface area contributed by atoms with Crippen LogP contribution >= 0.6 is 15.9 Å². The zero-order valence-corrected chi connectivity index (χ0v) is 21.6. The maximum Gasteiger partial charge on any atom is 0.312 e. The number of amides is 2. The van der Waals surface area contributed by atoms with Crippen LogP contribution in [0, 0.1) is 11.8 Å². The number of fused-ring (bicyclic) bond motifs is 1. The molecule has 2 bridgehead atoms. The summed E-state index contributed by atoms with van der Waals surface area (Å²) < 4.78 is 16.9. The lowest BCUT2D eigenvalue weighted by Crippen LogP contribution is -2.58. The lowest BCUT2D eigenvalue weighted by atomic mass is 9.70. The van der Waals surface area contributed by atoms with Crippen LogP contribution in [0.1, 0.15) is 20.3 Å². The van der Waals surface area contributed by atoms with Crippen LogP contribution in [-0.4, -0.2) is 83.3 Å². The Hall–Kier alpha value is -2.43. The van der Waals surface area contributed by atoms with E-state index in [1.54, 1.807) is 51.3 Å². The molecule has 7 atom stereocenters. The van der Waals surface area contributed by atoms with E-state index in [9.17, 15) is 19.5 Å².